The van der Waals surface area contributed by atoms with Gasteiger partial charge in [-0.05, 0) is 50.6 Å². The maximum absolute atomic E-state index is 13.0. The molecule has 8 heteroatoms. The van der Waals surface area contributed by atoms with E-state index >= 15 is 0 Å². The van der Waals surface area contributed by atoms with Gasteiger partial charge in [0.25, 0.3) is 5.56 Å². The topological polar surface area (TPSA) is 90.3 Å². The van der Waals surface area contributed by atoms with Gasteiger partial charge in [-0.3, -0.25) is 14.2 Å². The van der Waals surface area contributed by atoms with Crippen molar-refractivity contribution in [2.45, 2.75) is 26.8 Å². The molecule has 31 heavy (non-hydrogen) atoms. The predicted octanol–water partition coefficient (Wildman–Crippen LogP) is 4.30. The fourth-order valence-electron chi connectivity index (χ4n) is 3.51. The Balaban J connectivity index is 1.63. The molecule has 0 aliphatic heterocycles. The summed E-state index contributed by atoms with van der Waals surface area (Å²) in [6, 6.07) is 13.4. The number of anilines is 1. The molecule has 2 aromatic heterocycles. The highest BCUT2D eigenvalue weighted by Gasteiger charge is 2.20. The second-order valence-corrected chi connectivity index (χ2v) is 8.17. The first-order valence-electron chi connectivity index (χ1n) is 9.88. The van der Waals surface area contributed by atoms with E-state index in [9.17, 15) is 14.4 Å². The van der Waals surface area contributed by atoms with Gasteiger partial charge in [-0.15, -0.1) is 0 Å². The van der Waals surface area contributed by atoms with Crippen LogP contribution in [-0.2, 0) is 9.53 Å². The fourth-order valence-corrected chi connectivity index (χ4v) is 4.42. The first kappa shape index (κ1) is 20.7. The zero-order chi connectivity index (χ0) is 22.1. The Hall–Kier alpha value is -3.52. The third kappa shape index (κ3) is 3.94. The number of carbonyl (C=O) groups excluding carboxylic acids is 2. The van der Waals surface area contributed by atoms with E-state index in [1.807, 2.05) is 31.2 Å². The summed E-state index contributed by atoms with van der Waals surface area (Å²) in [5.74, 6) is -0.747. The number of thiazole rings is 1. The Morgan fingerprint density at radius 3 is 2.74 bits per heavy atom. The van der Waals surface area contributed by atoms with Gasteiger partial charge >= 0.3 is 5.97 Å². The summed E-state index contributed by atoms with van der Waals surface area (Å²) in [6.45, 7) is 5.61. The minimum atomic E-state index is -0.736. The molecule has 0 saturated heterocycles. The molecule has 4 rings (SSSR count). The lowest BCUT2D eigenvalue weighted by molar-refractivity contribution is -0.118. The van der Waals surface area contributed by atoms with Crippen molar-refractivity contribution in [1.29, 1.82) is 0 Å². The highest BCUT2D eigenvalue weighted by molar-refractivity contribution is 7.22. The van der Waals surface area contributed by atoms with Crippen LogP contribution in [-0.4, -0.2) is 28.0 Å². The lowest BCUT2D eigenvalue weighted by Gasteiger charge is -2.18. The zero-order valence-corrected chi connectivity index (χ0v) is 18.2. The lowest BCUT2D eigenvalue weighted by Crippen LogP contribution is -2.31. The molecule has 1 atom stereocenters. The van der Waals surface area contributed by atoms with Gasteiger partial charge in [0, 0.05) is 11.5 Å². The number of hydrogen-bond acceptors (Lipinski definition) is 6. The number of pyridine rings is 1. The Morgan fingerprint density at radius 2 is 1.97 bits per heavy atom. The summed E-state index contributed by atoms with van der Waals surface area (Å²) in [6.07, 6.45) is 0. The number of nitrogens with zero attached hydrogens (tertiary/aromatic N) is 2. The Morgan fingerprint density at radius 1 is 1.19 bits per heavy atom. The van der Waals surface area contributed by atoms with Crippen LogP contribution in [0.1, 0.15) is 35.8 Å². The van der Waals surface area contributed by atoms with E-state index in [2.05, 4.69) is 10.3 Å². The number of aromatic nitrogens is 2. The average Bonchev–Trinajstić information content (AvgIpc) is 3.15. The molecule has 7 nitrogen and oxygen atoms in total. The van der Waals surface area contributed by atoms with Crippen molar-refractivity contribution in [1.82, 2.24) is 9.55 Å². The monoisotopic (exact) mass is 435 g/mol. The van der Waals surface area contributed by atoms with Gasteiger partial charge in [0.15, 0.2) is 5.13 Å². The summed E-state index contributed by atoms with van der Waals surface area (Å²) in [7, 11) is 0. The van der Waals surface area contributed by atoms with E-state index in [1.54, 1.807) is 38.1 Å². The molecule has 2 aromatic carbocycles. The van der Waals surface area contributed by atoms with Crippen molar-refractivity contribution in [2.75, 3.05) is 11.9 Å². The number of nitrogens with one attached hydrogen (secondary N) is 1. The molecule has 1 unspecified atom stereocenters. The summed E-state index contributed by atoms with van der Waals surface area (Å²) < 4.78 is 7.27. The number of para-hydroxylation sites is 1. The molecule has 1 N–H and O–H groups in total. The highest BCUT2D eigenvalue weighted by atomic mass is 32.1. The molecule has 158 valence electrons. The molecule has 2 heterocycles. The molecule has 4 aromatic rings. The number of benzene rings is 2. The average molecular weight is 436 g/mol. The minimum Gasteiger partial charge on any atom is -0.462 e. The van der Waals surface area contributed by atoms with Gasteiger partial charge in [-0.1, -0.05) is 29.5 Å². The third-order valence-corrected chi connectivity index (χ3v) is 6.00. The van der Waals surface area contributed by atoms with Gasteiger partial charge in [0.1, 0.15) is 6.04 Å². The third-order valence-electron chi connectivity index (χ3n) is 5.06. The second-order valence-electron chi connectivity index (χ2n) is 7.14. The molecular weight excluding hydrogens is 414 g/mol. The lowest BCUT2D eigenvalue weighted by atomic mass is 10.1. The summed E-state index contributed by atoms with van der Waals surface area (Å²) in [4.78, 5) is 42.0. The van der Waals surface area contributed by atoms with Crippen molar-refractivity contribution in [3.05, 3.63) is 70.0 Å². The first-order valence-corrected chi connectivity index (χ1v) is 10.7. The zero-order valence-electron chi connectivity index (χ0n) is 17.3. The van der Waals surface area contributed by atoms with Crippen LogP contribution in [0.4, 0.5) is 5.13 Å². The minimum absolute atomic E-state index is 0.234. The van der Waals surface area contributed by atoms with E-state index in [0.29, 0.717) is 28.3 Å². The Labute approximate surface area is 182 Å². The largest absolute Gasteiger partial charge is 0.462 e. The molecule has 0 saturated carbocycles. The Kier molecular flexibility index (Phi) is 5.56. The fraction of sp³-hybridized carbons (Fsp3) is 0.217. The molecule has 0 aliphatic carbocycles. The number of fused-ring (bicyclic) bond motifs is 2. The van der Waals surface area contributed by atoms with Crippen LogP contribution in [0.3, 0.4) is 0 Å². The maximum Gasteiger partial charge on any atom is 0.338 e. The molecule has 0 radical (unpaired) electrons. The van der Waals surface area contributed by atoms with Crippen LogP contribution in [0.5, 0.6) is 0 Å². The molecule has 0 aliphatic rings. The van der Waals surface area contributed by atoms with E-state index in [-0.39, 0.29) is 11.5 Å². The molecule has 0 bridgehead atoms. The van der Waals surface area contributed by atoms with Crippen molar-refractivity contribution >= 4 is 49.5 Å². The second kappa shape index (κ2) is 8.31. The summed E-state index contributed by atoms with van der Waals surface area (Å²) >= 11 is 1.26. The number of rotatable bonds is 5. The first-order chi connectivity index (χ1) is 14.9. The van der Waals surface area contributed by atoms with Crippen molar-refractivity contribution in [3.8, 4) is 0 Å². The van der Waals surface area contributed by atoms with Crippen molar-refractivity contribution < 1.29 is 14.3 Å². The van der Waals surface area contributed by atoms with Gasteiger partial charge < -0.3 is 10.1 Å². The Bertz CT molecular complexity index is 1370. The number of ether oxygens (including phenoxy) is 1. The van der Waals surface area contributed by atoms with E-state index in [1.165, 1.54) is 15.9 Å². The number of aryl methyl sites for hydroxylation is 1. The summed E-state index contributed by atoms with van der Waals surface area (Å²) in [5, 5.41) is 4.13. The van der Waals surface area contributed by atoms with E-state index in [4.69, 9.17) is 4.74 Å². The van der Waals surface area contributed by atoms with Gasteiger partial charge in [-0.25, -0.2) is 9.78 Å². The van der Waals surface area contributed by atoms with E-state index in [0.717, 1.165) is 15.6 Å². The quantitative estimate of drug-likeness (QED) is 0.472. The van der Waals surface area contributed by atoms with Crippen molar-refractivity contribution in [2.24, 2.45) is 0 Å². The van der Waals surface area contributed by atoms with Crippen LogP contribution in [0.25, 0.3) is 21.1 Å². The molecular formula is C23H21N3O4S. The van der Waals surface area contributed by atoms with Crippen LogP contribution in [0.2, 0.25) is 0 Å². The highest BCUT2D eigenvalue weighted by Crippen LogP contribution is 2.28. The molecule has 0 fully saturated rings. The molecule has 0 spiro atoms. The van der Waals surface area contributed by atoms with Crippen LogP contribution in [0.15, 0.2) is 53.3 Å². The van der Waals surface area contributed by atoms with Crippen LogP contribution >= 0.6 is 11.3 Å². The number of carbonyl (C=O) groups is 2. The maximum atomic E-state index is 13.0. The number of hydrogen-bond donors (Lipinski definition) is 1. The van der Waals surface area contributed by atoms with Gasteiger partial charge in [-0.2, -0.15) is 0 Å². The summed E-state index contributed by atoms with van der Waals surface area (Å²) in [5.41, 5.74) is 2.44. The van der Waals surface area contributed by atoms with Crippen molar-refractivity contribution in [3.63, 3.8) is 0 Å². The molecule has 1 amide bonds. The predicted molar refractivity (Wildman–Crippen MR) is 122 cm³/mol. The SMILES string of the molecule is CCOC(=O)c1ccc2nc(NC(=O)C(C)n3c(=O)cc(C)c4ccccc43)sc2c1. The van der Waals surface area contributed by atoms with E-state index < -0.39 is 12.0 Å². The van der Waals surface area contributed by atoms with Gasteiger partial charge in [0.05, 0.1) is 27.9 Å². The smallest absolute Gasteiger partial charge is 0.338 e. The normalized spacial score (nSPS) is 12.1. The number of amides is 1. The van der Waals surface area contributed by atoms with Crippen LogP contribution in [0, 0.1) is 6.92 Å². The van der Waals surface area contributed by atoms with Crippen LogP contribution < -0.4 is 10.9 Å². The number of esters is 1. The van der Waals surface area contributed by atoms with Gasteiger partial charge in [0.2, 0.25) is 5.91 Å². The standard InChI is InChI=1S/C23H21N3O4S/c1-4-30-22(29)15-9-10-17-19(12-15)31-23(24-17)25-21(28)14(3)26-18-8-6-5-7-16(18)13(2)11-20(26)27/h5-12,14H,4H2,1-3H3,(H,24,25,28).